The molecule has 0 amide bonds. The van der Waals surface area contributed by atoms with Crippen LogP contribution in [0.3, 0.4) is 0 Å². The van der Waals surface area contributed by atoms with E-state index in [9.17, 15) is 5.11 Å². The van der Waals surface area contributed by atoms with E-state index in [0.29, 0.717) is 24.8 Å². The summed E-state index contributed by atoms with van der Waals surface area (Å²) in [4.78, 5) is 7.07. The minimum absolute atomic E-state index is 0. The molecule has 7 heteroatoms. The first-order valence-corrected chi connectivity index (χ1v) is 9.23. The molecule has 1 aliphatic rings. The van der Waals surface area contributed by atoms with Crippen LogP contribution in [-0.2, 0) is 11.3 Å². The predicted molar refractivity (Wildman–Crippen MR) is 116 cm³/mol. The standard InChI is InChI=1S/C19H31N3O3.HI/c1-4-20-19(22-10-9-16(13-22)14-24-5-2)21-12-15-7-8-17(23)18(11-15)25-6-3;/h7-8,11,16,23H,4-6,9-10,12-14H2,1-3H3,(H,20,21);1H. The fourth-order valence-corrected chi connectivity index (χ4v) is 2.97. The van der Waals surface area contributed by atoms with Gasteiger partial charge in [0.05, 0.1) is 19.8 Å². The Morgan fingerprint density at radius 1 is 1.31 bits per heavy atom. The SMILES string of the molecule is CCNC(=NCc1ccc(O)c(OCC)c1)N1CCC(COCC)C1.I. The molecule has 1 unspecified atom stereocenters. The highest BCUT2D eigenvalue weighted by Gasteiger charge is 2.24. The van der Waals surface area contributed by atoms with Crippen molar-refractivity contribution in [2.24, 2.45) is 10.9 Å². The molecule has 1 atom stereocenters. The van der Waals surface area contributed by atoms with Gasteiger partial charge in [-0.25, -0.2) is 4.99 Å². The third-order valence-corrected chi connectivity index (χ3v) is 4.21. The zero-order chi connectivity index (χ0) is 18.1. The first-order chi connectivity index (χ1) is 12.2. The Balaban J connectivity index is 0.00000338. The number of phenols is 1. The molecule has 2 N–H and O–H groups in total. The van der Waals surface area contributed by atoms with Crippen LogP contribution in [0.5, 0.6) is 11.5 Å². The predicted octanol–water partition coefficient (Wildman–Crippen LogP) is 3.23. The Morgan fingerprint density at radius 3 is 2.81 bits per heavy atom. The summed E-state index contributed by atoms with van der Waals surface area (Å²) >= 11 is 0. The maximum absolute atomic E-state index is 9.81. The lowest BCUT2D eigenvalue weighted by Crippen LogP contribution is -2.40. The number of hydrogen-bond donors (Lipinski definition) is 2. The minimum atomic E-state index is 0. The summed E-state index contributed by atoms with van der Waals surface area (Å²) in [6, 6.07) is 5.40. The molecule has 2 rings (SSSR count). The van der Waals surface area contributed by atoms with Crippen LogP contribution in [0.1, 0.15) is 32.8 Å². The number of hydrogen-bond acceptors (Lipinski definition) is 4. The summed E-state index contributed by atoms with van der Waals surface area (Å²) in [5, 5.41) is 13.2. The van der Waals surface area contributed by atoms with Gasteiger partial charge in [-0.05, 0) is 44.9 Å². The van der Waals surface area contributed by atoms with Crippen molar-refractivity contribution in [1.29, 1.82) is 0 Å². The zero-order valence-electron chi connectivity index (χ0n) is 16.0. The van der Waals surface area contributed by atoms with Crippen molar-refractivity contribution in [3.05, 3.63) is 23.8 Å². The van der Waals surface area contributed by atoms with E-state index in [1.54, 1.807) is 6.07 Å². The van der Waals surface area contributed by atoms with Crippen molar-refractivity contribution in [1.82, 2.24) is 10.2 Å². The van der Waals surface area contributed by atoms with Gasteiger partial charge in [0.15, 0.2) is 17.5 Å². The van der Waals surface area contributed by atoms with Gasteiger partial charge < -0.3 is 24.8 Å². The minimum Gasteiger partial charge on any atom is -0.504 e. The van der Waals surface area contributed by atoms with Crippen molar-refractivity contribution in [2.75, 3.05) is 39.5 Å². The fourth-order valence-electron chi connectivity index (χ4n) is 2.97. The van der Waals surface area contributed by atoms with E-state index >= 15 is 0 Å². The Bertz CT molecular complexity index is 569. The Kier molecular flexibility index (Phi) is 10.7. The van der Waals surface area contributed by atoms with Gasteiger partial charge in [0, 0.05) is 32.2 Å². The molecule has 0 radical (unpaired) electrons. The third-order valence-electron chi connectivity index (χ3n) is 4.21. The number of phenolic OH excluding ortho intramolecular Hbond substituents is 1. The van der Waals surface area contributed by atoms with Gasteiger partial charge >= 0.3 is 0 Å². The average Bonchev–Trinajstić information content (AvgIpc) is 3.08. The second kappa shape index (κ2) is 12.2. The molecule has 26 heavy (non-hydrogen) atoms. The van der Waals surface area contributed by atoms with Gasteiger partial charge in [-0.3, -0.25) is 0 Å². The lowest BCUT2D eigenvalue weighted by Gasteiger charge is -2.21. The monoisotopic (exact) mass is 477 g/mol. The Labute approximate surface area is 174 Å². The van der Waals surface area contributed by atoms with Gasteiger partial charge in [-0.15, -0.1) is 24.0 Å². The maximum atomic E-state index is 9.81. The quantitative estimate of drug-likeness (QED) is 0.342. The number of nitrogens with one attached hydrogen (secondary N) is 1. The van der Waals surface area contributed by atoms with E-state index in [0.717, 1.165) is 50.8 Å². The average molecular weight is 477 g/mol. The molecule has 1 fully saturated rings. The van der Waals surface area contributed by atoms with Crippen LogP contribution in [0.25, 0.3) is 0 Å². The Morgan fingerprint density at radius 2 is 2.12 bits per heavy atom. The van der Waals surface area contributed by atoms with Crippen LogP contribution in [-0.4, -0.2) is 55.4 Å². The molecule has 1 aromatic rings. The van der Waals surface area contributed by atoms with Gasteiger partial charge in [0.2, 0.25) is 0 Å². The van der Waals surface area contributed by atoms with Crippen LogP contribution >= 0.6 is 24.0 Å². The molecule has 0 aliphatic carbocycles. The number of rotatable bonds is 8. The van der Waals surface area contributed by atoms with E-state index in [4.69, 9.17) is 14.5 Å². The summed E-state index contributed by atoms with van der Waals surface area (Å²) in [5.74, 6) is 2.19. The Hall–Kier alpha value is -1.22. The lowest BCUT2D eigenvalue weighted by molar-refractivity contribution is 0.114. The molecular weight excluding hydrogens is 445 g/mol. The second-order valence-corrected chi connectivity index (χ2v) is 6.17. The van der Waals surface area contributed by atoms with E-state index in [-0.39, 0.29) is 29.7 Å². The van der Waals surface area contributed by atoms with Crippen molar-refractivity contribution in [3.63, 3.8) is 0 Å². The van der Waals surface area contributed by atoms with Gasteiger partial charge in [-0.1, -0.05) is 6.07 Å². The number of halogens is 1. The molecule has 1 aliphatic heterocycles. The number of nitrogens with zero attached hydrogens (tertiary/aromatic N) is 2. The number of aliphatic imine (C=N–C) groups is 1. The number of aromatic hydroxyl groups is 1. The molecule has 0 aromatic heterocycles. The van der Waals surface area contributed by atoms with Crippen LogP contribution in [0, 0.1) is 5.92 Å². The van der Waals surface area contributed by atoms with Crippen LogP contribution in [0.4, 0.5) is 0 Å². The fraction of sp³-hybridized carbons (Fsp3) is 0.632. The largest absolute Gasteiger partial charge is 0.504 e. The van der Waals surface area contributed by atoms with Crippen LogP contribution in [0.2, 0.25) is 0 Å². The maximum Gasteiger partial charge on any atom is 0.194 e. The first kappa shape index (κ1) is 22.8. The zero-order valence-corrected chi connectivity index (χ0v) is 18.4. The van der Waals surface area contributed by atoms with Crippen molar-refractivity contribution in [2.45, 2.75) is 33.7 Å². The second-order valence-electron chi connectivity index (χ2n) is 6.17. The van der Waals surface area contributed by atoms with E-state index < -0.39 is 0 Å². The number of likely N-dealkylation sites (tertiary alicyclic amines) is 1. The highest BCUT2D eigenvalue weighted by Crippen LogP contribution is 2.27. The summed E-state index contributed by atoms with van der Waals surface area (Å²) < 4.78 is 11.0. The lowest BCUT2D eigenvalue weighted by atomic mass is 10.1. The topological polar surface area (TPSA) is 66.3 Å². The van der Waals surface area contributed by atoms with Crippen molar-refractivity contribution in [3.8, 4) is 11.5 Å². The van der Waals surface area contributed by atoms with Gasteiger partial charge in [0.1, 0.15) is 0 Å². The molecule has 1 heterocycles. The number of benzene rings is 1. The summed E-state index contributed by atoms with van der Waals surface area (Å²) in [7, 11) is 0. The van der Waals surface area contributed by atoms with Gasteiger partial charge in [-0.2, -0.15) is 0 Å². The summed E-state index contributed by atoms with van der Waals surface area (Å²) in [6.45, 7) is 11.5. The van der Waals surface area contributed by atoms with E-state index in [1.165, 1.54) is 0 Å². The summed E-state index contributed by atoms with van der Waals surface area (Å²) in [5.41, 5.74) is 1.02. The molecule has 1 aromatic carbocycles. The smallest absolute Gasteiger partial charge is 0.194 e. The molecule has 148 valence electrons. The third kappa shape index (κ3) is 6.83. The molecule has 0 spiro atoms. The highest BCUT2D eigenvalue weighted by molar-refractivity contribution is 14.0. The molecule has 0 saturated carbocycles. The van der Waals surface area contributed by atoms with Crippen LogP contribution < -0.4 is 10.1 Å². The summed E-state index contributed by atoms with van der Waals surface area (Å²) in [6.07, 6.45) is 1.14. The molecule has 0 bridgehead atoms. The molecular formula is C19H32IN3O3. The van der Waals surface area contributed by atoms with E-state index in [2.05, 4.69) is 17.1 Å². The number of guanidine groups is 1. The van der Waals surface area contributed by atoms with Crippen molar-refractivity contribution < 1.29 is 14.6 Å². The molecule has 6 nitrogen and oxygen atoms in total. The normalized spacial score (nSPS) is 17.1. The van der Waals surface area contributed by atoms with Crippen molar-refractivity contribution >= 4 is 29.9 Å². The number of ether oxygens (including phenoxy) is 2. The van der Waals surface area contributed by atoms with Gasteiger partial charge in [0.25, 0.3) is 0 Å². The molecule has 1 saturated heterocycles. The van der Waals surface area contributed by atoms with E-state index in [1.807, 2.05) is 26.0 Å². The first-order valence-electron chi connectivity index (χ1n) is 9.23. The highest BCUT2D eigenvalue weighted by atomic mass is 127. The van der Waals surface area contributed by atoms with Crippen LogP contribution in [0.15, 0.2) is 23.2 Å².